The molecule has 2 atom stereocenters. The standard InChI is InChI=1S/C15H23ClN2/c1-12-3-4-13(2)18(11-12)10-9-17-15-7-5-14(16)6-8-15/h5-8,12-13,17H,3-4,9-11H2,1-2H3. The van der Waals surface area contributed by atoms with Gasteiger partial charge in [-0.2, -0.15) is 0 Å². The number of nitrogens with zero attached hydrogens (tertiary/aromatic N) is 1. The molecule has 1 aliphatic rings. The highest BCUT2D eigenvalue weighted by Gasteiger charge is 2.21. The zero-order chi connectivity index (χ0) is 13.0. The van der Waals surface area contributed by atoms with E-state index < -0.39 is 0 Å². The summed E-state index contributed by atoms with van der Waals surface area (Å²) in [7, 11) is 0. The molecule has 1 N–H and O–H groups in total. The third kappa shape index (κ3) is 3.89. The van der Waals surface area contributed by atoms with Gasteiger partial charge in [0.2, 0.25) is 0 Å². The minimum Gasteiger partial charge on any atom is -0.384 e. The summed E-state index contributed by atoms with van der Waals surface area (Å²) in [6, 6.07) is 8.65. The van der Waals surface area contributed by atoms with Gasteiger partial charge in [-0.3, -0.25) is 4.90 Å². The molecule has 1 aromatic rings. The first-order valence-corrected chi connectivity index (χ1v) is 7.26. The minimum atomic E-state index is 0.730. The first-order chi connectivity index (χ1) is 8.65. The summed E-state index contributed by atoms with van der Waals surface area (Å²) in [4.78, 5) is 2.59. The lowest BCUT2D eigenvalue weighted by Crippen LogP contribution is -2.43. The molecule has 0 amide bonds. The van der Waals surface area contributed by atoms with Gasteiger partial charge in [0.25, 0.3) is 0 Å². The van der Waals surface area contributed by atoms with Gasteiger partial charge in [-0.25, -0.2) is 0 Å². The average Bonchev–Trinajstić information content (AvgIpc) is 2.36. The van der Waals surface area contributed by atoms with E-state index in [0.717, 1.165) is 35.8 Å². The van der Waals surface area contributed by atoms with E-state index in [9.17, 15) is 0 Å². The van der Waals surface area contributed by atoms with Crippen molar-refractivity contribution >= 4 is 17.3 Å². The number of nitrogens with one attached hydrogen (secondary N) is 1. The van der Waals surface area contributed by atoms with Crippen molar-refractivity contribution in [3.63, 3.8) is 0 Å². The number of piperidine rings is 1. The summed E-state index contributed by atoms with van der Waals surface area (Å²) in [6.45, 7) is 8.05. The molecular formula is C15H23ClN2. The van der Waals surface area contributed by atoms with Crippen LogP contribution in [0.1, 0.15) is 26.7 Å². The van der Waals surface area contributed by atoms with E-state index in [1.165, 1.54) is 19.4 Å². The van der Waals surface area contributed by atoms with Gasteiger partial charge in [0.1, 0.15) is 0 Å². The second-order valence-electron chi connectivity index (χ2n) is 5.46. The highest BCUT2D eigenvalue weighted by Crippen LogP contribution is 2.21. The number of rotatable bonds is 4. The molecule has 1 fully saturated rings. The minimum absolute atomic E-state index is 0.730. The van der Waals surface area contributed by atoms with Crippen molar-refractivity contribution in [2.24, 2.45) is 5.92 Å². The van der Waals surface area contributed by atoms with Gasteiger partial charge in [0, 0.05) is 36.4 Å². The van der Waals surface area contributed by atoms with E-state index in [1.54, 1.807) is 0 Å². The summed E-state index contributed by atoms with van der Waals surface area (Å²) in [5.74, 6) is 0.844. The molecule has 2 nitrogen and oxygen atoms in total. The molecule has 2 rings (SSSR count). The van der Waals surface area contributed by atoms with Crippen LogP contribution < -0.4 is 5.32 Å². The average molecular weight is 267 g/mol. The van der Waals surface area contributed by atoms with Crippen LogP contribution in [0.25, 0.3) is 0 Å². The molecule has 0 radical (unpaired) electrons. The summed E-state index contributed by atoms with van der Waals surface area (Å²) in [6.07, 6.45) is 2.71. The van der Waals surface area contributed by atoms with Gasteiger partial charge < -0.3 is 5.32 Å². The largest absolute Gasteiger partial charge is 0.384 e. The predicted octanol–water partition coefficient (Wildman–Crippen LogP) is 3.87. The Labute approximate surface area is 115 Å². The van der Waals surface area contributed by atoms with Crippen molar-refractivity contribution in [1.82, 2.24) is 4.90 Å². The molecule has 3 heteroatoms. The molecule has 18 heavy (non-hydrogen) atoms. The van der Waals surface area contributed by atoms with Crippen LogP contribution in [-0.4, -0.2) is 30.6 Å². The van der Waals surface area contributed by atoms with Crippen LogP contribution in [0.2, 0.25) is 5.02 Å². The fourth-order valence-electron chi connectivity index (χ4n) is 2.60. The Balaban J connectivity index is 1.76. The number of likely N-dealkylation sites (tertiary alicyclic amines) is 1. The fraction of sp³-hybridized carbons (Fsp3) is 0.600. The smallest absolute Gasteiger partial charge is 0.0407 e. The first kappa shape index (κ1) is 13.7. The van der Waals surface area contributed by atoms with Crippen LogP contribution in [0.15, 0.2) is 24.3 Å². The topological polar surface area (TPSA) is 15.3 Å². The lowest BCUT2D eigenvalue weighted by molar-refractivity contribution is 0.130. The molecule has 1 heterocycles. The molecule has 100 valence electrons. The van der Waals surface area contributed by atoms with E-state index in [-0.39, 0.29) is 0 Å². The Morgan fingerprint density at radius 3 is 2.67 bits per heavy atom. The number of anilines is 1. The zero-order valence-electron chi connectivity index (χ0n) is 11.3. The van der Waals surface area contributed by atoms with Gasteiger partial charge >= 0.3 is 0 Å². The van der Waals surface area contributed by atoms with Crippen LogP contribution in [0.5, 0.6) is 0 Å². The first-order valence-electron chi connectivity index (χ1n) is 6.88. The fourth-order valence-corrected chi connectivity index (χ4v) is 2.73. The summed E-state index contributed by atoms with van der Waals surface area (Å²) < 4.78 is 0. The summed E-state index contributed by atoms with van der Waals surface area (Å²) in [5, 5.41) is 4.25. The molecule has 0 aromatic heterocycles. The summed E-state index contributed by atoms with van der Waals surface area (Å²) >= 11 is 5.87. The maximum absolute atomic E-state index is 5.87. The lowest BCUT2D eigenvalue weighted by Gasteiger charge is -2.36. The van der Waals surface area contributed by atoms with Crippen molar-refractivity contribution in [1.29, 1.82) is 0 Å². The zero-order valence-corrected chi connectivity index (χ0v) is 12.1. The van der Waals surface area contributed by atoms with Gasteiger partial charge in [0.15, 0.2) is 0 Å². The van der Waals surface area contributed by atoms with Crippen molar-refractivity contribution in [2.75, 3.05) is 25.0 Å². The van der Waals surface area contributed by atoms with Crippen LogP contribution in [0.3, 0.4) is 0 Å². The Kier molecular flexibility index (Phi) is 4.90. The van der Waals surface area contributed by atoms with Crippen LogP contribution >= 0.6 is 11.6 Å². The van der Waals surface area contributed by atoms with Crippen LogP contribution in [0, 0.1) is 5.92 Å². The molecule has 0 saturated carbocycles. The maximum Gasteiger partial charge on any atom is 0.0407 e. The van der Waals surface area contributed by atoms with E-state index in [2.05, 4.69) is 24.1 Å². The number of hydrogen-bond acceptors (Lipinski definition) is 2. The third-order valence-electron chi connectivity index (χ3n) is 3.82. The SMILES string of the molecule is CC1CCC(C)N(CCNc2ccc(Cl)cc2)C1. The number of benzene rings is 1. The Morgan fingerprint density at radius 1 is 1.22 bits per heavy atom. The number of hydrogen-bond donors (Lipinski definition) is 1. The van der Waals surface area contributed by atoms with E-state index in [1.807, 2.05) is 24.3 Å². The van der Waals surface area contributed by atoms with Crippen LogP contribution in [-0.2, 0) is 0 Å². The molecule has 1 aliphatic heterocycles. The molecule has 0 aliphatic carbocycles. The van der Waals surface area contributed by atoms with Crippen LogP contribution in [0.4, 0.5) is 5.69 Å². The number of halogens is 1. The van der Waals surface area contributed by atoms with Crippen molar-refractivity contribution in [3.05, 3.63) is 29.3 Å². The molecule has 1 saturated heterocycles. The second-order valence-corrected chi connectivity index (χ2v) is 5.90. The highest BCUT2D eigenvalue weighted by molar-refractivity contribution is 6.30. The normalized spacial score (nSPS) is 25.1. The van der Waals surface area contributed by atoms with E-state index >= 15 is 0 Å². The predicted molar refractivity (Wildman–Crippen MR) is 79.4 cm³/mol. The second kappa shape index (κ2) is 6.44. The van der Waals surface area contributed by atoms with Gasteiger partial charge in [0.05, 0.1) is 0 Å². The molecular weight excluding hydrogens is 244 g/mol. The molecule has 2 unspecified atom stereocenters. The Morgan fingerprint density at radius 2 is 1.94 bits per heavy atom. The van der Waals surface area contributed by atoms with E-state index in [4.69, 9.17) is 11.6 Å². The molecule has 0 bridgehead atoms. The van der Waals surface area contributed by atoms with Gasteiger partial charge in [-0.05, 0) is 49.9 Å². The Hall–Kier alpha value is -0.730. The monoisotopic (exact) mass is 266 g/mol. The third-order valence-corrected chi connectivity index (χ3v) is 4.07. The van der Waals surface area contributed by atoms with Gasteiger partial charge in [-0.15, -0.1) is 0 Å². The van der Waals surface area contributed by atoms with Crippen molar-refractivity contribution < 1.29 is 0 Å². The van der Waals surface area contributed by atoms with Crippen molar-refractivity contribution in [3.8, 4) is 0 Å². The lowest BCUT2D eigenvalue weighted by atomic mass is 9.95. The maximum atomic E-state index is 5.87. The Bertz CT molecular complexity index is 363. The van der Waals surface area contributed by atoms with Crippen molar-refractivity contribution in [2.45, 2.75) is 32.7 Å². The molecule has 1 aromatic carbocycles. The van der Waals surface area contributed by atoms with Gasteiger partial charge in [-0.1, -0.05) is 18.5 Å². The summed E-state index contributed by atoms with van der Waals surface area (Å²) in [5.41, 5.74) is 1.15. The van der Waals surface area contributed by atoms with E-state index in [0.29, 0.717) is 0 Å². The quantitative estimate of drug-likeness (QED) is 0.890. The molecule has 0 spiro atoms. The highest BCUT2D eigenvalue weighted by atomic mass is 35.5.